The van der Waals surface area contributed by atoms with Crippen LogP contribution in [0.2, 0.25) is 0 Å². The molecule has 2 atom stereocenters. The summed E-state index contributed by atoms with van der Waals surface area (Å²) in [5.41, 5.74) is 0. The Hall–Kier alpha value is -0.0800. The summed E-state index contributed by atoms with van der Waals surface area (Å²) < 4.78 is 0. The molecule has 3 fully saturated rings. The van der Waals surface area contributed by atoms with Gasteiger partial charge in [-0.2, -0.15) is 0 Å². The van der Waals surface area contributed by atoms with Gasteiger partial charge in [-0.15, -0.1) is 0 Å². The van der Waals surface area contributed by atoms with Crippen molar-refractivity contribution >= 4 is 0 Å². The molecule has 3 rings (SSSR count). The van der Waals surface area contributed by atoms with Gasteiger partial charge in [0.25, 0.3) is 0 Å². The third kappa shape index (κ3) is 1.09. The highest BCUT2D eigenvalue weighted by atomic mass is 15.3. The first-order valence-electron chi connectivity index (χ1n) is 5.43. The maximum absolute atomic E-state index is 3.55. The normalized spacial score (nSPS) is 43.0. The Morgan fingerprint density at radius 3 is 2.33 bits per heavy atom. The quantitative estimate of drug-likeness (QED) is 0.624. The smallest absolute Gasteiger partial charge is 0.0227 e. The van der Waals surface area contributed by atoms with Crippen LogP contribution in [0.15, 0.2) is 0 Å². The summed E-state index contributed by atoms with van der Waals surface area (Å²) >= 11 is 0. The van der Waals surface area contributed by atoms with Crippen LogP contribution in [0.5, 0.6) is 0 Å². The average Bonchev–Trinajstić information content (AvgIpc) is 2.78. The molecule has 3 aliphatic rings. The molecule has 12 heavy (non-hydrogen) atoms. The fourth-order valence-corrected chi connectivity index (χ4v) is 2.99. The summed E-state index contributed by atoms with van der Waals surface area (Å²) in [4.78, 5) is 2.83. The molecule has 2 bridgehead atoms. The molecule has 0 aromatic carbocycles. The molecule has 0 aromatic rings. The van der Waals surface area contributed by atoms with E-state index in [0.717, 1.165) is 18.1 Å². The van der Waals surface area contributed by atoms with Crippen LogP contribution in [0, 0.1) is 0 Å². The monoisotopic (exact) mass is 166 g/mol. The van der Waals surface area contributed by atoms with Gasteiger partial charge in [-0.25, -0.2) is 0 Å². The summed E-state index contributed by atoms with van der Waals surface area (Å²) in [6.45, 7) is 2.51. The minimum Gasteiger partial charge on any atom is -0.315 e. The lowest BCUT2D eigenvalue weighted by atomic mass is 10.1. The maximum Gasteiger partial charge on any atom is 0.0227 e. The highest BCUT2D eigenvalue weighted by molar-refractivity contribution is 4.99. The lowest BCUT2D eigenvalue weighted by Crippen LogP contribution is -2.39. The fraction of sp³-hybridized carbons (Fsp3) is 1.00. The molecule has 0 aromatic heterocycles. The summed E-state index contributed by atoms with van der Waals surface area (Å²) in [5, 5.41) is 3.55. The van der Waals surface area contributed by atoms with Crippen molar-refractivity contribution in [1.29, 1.82) is 0 Å². The second-order valence-electron chi connectivity index (χ2n) is 4.56. The number of rotatable bonds is 1. The van der Waals surface area contributed by atoms with Gasteiger partial charge in [-0.1, -0.05) is 0 Å². The van der Waals surface area contributed by atoms with Gasteiger partial charge >= 0.3 is 0 Å². The molecule has 2 nitrogen and oxygen atoms in total. The minimum atomic E-state index is 0.894. The van der Waals surface area contributed by atoms with E-state index >= 15 is 0 Å². The summed E-state index contributed by atoms with van der Waals surface area (Å²) in [7, 11) is 0. The first-order valence-corrected chi connectivity index (χ1v) is 5.43. The van der Waals surface area contributed by atoms with E-state index < -0.39 is 0 Å². The Morgan fingerprint density at radius 2 is 1.50 bits per heavy atom. The first kappa shape index (κ1) is 7.34. The first-order chi connectivity index (χ1) is 5.95. The van der Waals surface area contributed by atoms with Gasteiger partial charge in [0.1, 0.15) is 0 Å². The third-order valence-corrected chi connectivity index (χ3v) is 3.68. The van der Waals surface area contributed by atoms with Crippen molar-refractivity contribution in [2.75, 3.05) is 13.1 Å². The second-order valence-corrected chi connectivity index (χ2v) is 4.56. The van der Waals surface area contributed by atoms with Gasteiger partial charge in [-0.3, -0.25) is 4.90 Å². The maximum atomic E-state index is 3.55. The van der Waals surface area contributed by atoms with Gasteiger partial charge < -0.3 is 5.32 Å². The van der Waals surface area contributed by atoms with Crippen LogP contribution in [-0.4, -0.2) is 36.1 Å². The lowest BCUT2D eigenvalue weighted by molar-refractivity contribution is 0.192. The molecule has 2 saturated heterocycles. The standard InChI is InChI=1S/C10H18N2/c1-2-8(1)12-9-3-4-10(12)7-11-6-5-9/h8-11H,1-7H2. The zero-order valence-corrected chi connectivity index (χ0v) is 7.63. The van der Waals surface area contributed by atoms with E-state index in [4.69, 9.17) is 0 Å². The number of nitrogens with one attached hydrogen (secondary N) is 1. The van der Waals surface area contributed by atoms with Crippen LogP contribution in [0.4, 0.5) is 0 Å². The molecule has 2 heterocycles. The van der Waals surface area contributed by atoms with E-state index in [0.29, 0.717) is 0 Å². The number of hydrogen-bond donors (Lipinski definition) is 1. The predicted octanol–water partition coefficient (Wildman–Crippen LogP) is 0.975. The van der Waals surface area contributed by atoms with Crippen molar-refractivity contribution in [2.24, 2.45) is 0 Å². The van der Waals surface area contributed by atoms with Crippen LogP contribution in [-0.2, 0) is 0 Å². The fourth-order valence-electron chi connectivity index (χ4n) is 2.99. The average molecular weight is 166 g/mol. The third-order valence-electron chi connectivity index (χ3n) is 3.68. The van der Waals surface area contributed by atoms with Crippen LogP contribution in [0.1, 0.15) is 32.1 Å². The van der Waals surface area contributed by atoms with Crippen molar-refractivity contribution in [3.63, 3.8) is 0 Å². The van der Waals surface area contributed by atoms with E-state index in [2.05, 4.69) is 10.2 Å². The topological polar surface area (TPSA) is 15.3 Å². The molecular formula is C10H18N2. The molecule has 2 unspecified atom stereocenters. The number of fused-ring (bicyclic) bond motifs is 2. The lowest BCUT2D eigenvalue weighted by Gasteiger charge is -2.27. The molecule has 0 spiro atoms. The van der Waals surface area contributed by atoms with Crippen LogP contribution in [0.3, 0.4) is 0 Å². The van der Waals surface area contributed by atoms with E-state index in [-0.39, 0.29) is 0 Å². The molecule has 0 radical (unpaired) electrons. The summed E-state index contributed by atoms with van der Waals surface area (Å²) in [6, 6.07) is 2.82. The molecule has 68 valence electrons. The van der Waals surface area contributed by atoms with Gasteiger partial charge in [0.15, 0.2) is 0 Å². The molecular weight excluding hydrogens is 148 g/mol. The zero-order chi connectivity index (χ0) is 7.97. The van der Waals surface area contributed by atoms with E-state index in [1.54, 1.807) is 0 Å². The molecule has 0 amide bonds. The van der Waals surface area contributed by atoms with Crippen molar-refractivity contribution in [3.8, 4) is 0 Å². The number of hydrogen-bond acceptors (Lipinski definition) is 2. The Balaban J connectivity index is 1.79. The molecule has 2 heteroatoms. The Bertz CT molecular complexity index is 163. The largest absolute Gasteiger partial charge is 0.315 e. The van der Waals surface area contributed by atoms with Crippen molar-refractivity contribution in [2.45, 2.75) is 50.2 Å². The molecule has 2 aliphatic heterocycles. The van der Waals surface area contributed by atoms with Gasteiger partial charge in [0.05, 0.1) is 0 Å². The number of nitrogens with zero attached hydrogens (tertiary/aromatic N) is 1. The summed E-state index contributed by atoms with van der Waals surface area (Å²) in [5.74, 6) is 0. The van der Waals surface area contributed by atoms with E-state index in [9.17, 15) is 0 Å². The SMILES string of the molecule is C1CC2CCC(CN1)N2C1CC1. The Kier molecular flexibility index (Phi) is 1.66. The van der Waals surface area contributed by atoms with E-state index in [1.165, 1.54) is 45.2 Å². The Labute approximate surface area is 74.3 Å². The highest BCUT2D eigenvalue weighted by Gasteiger charge is 2.42. The van der Waals surface area contributed by atoms with Crippen LogP contribution >= 0.6 is 0 Å². The molecule has 1 N–H and O–H groups in total. The van der Waals surface area contributed by atoms with Crippen molar-refractivity contribution in [1.82, 2.24) is 10.2 Å². The summed E-state index contributed by atoms with van der Waals surface area (Å²) in [6.07, 6.45) is 7.28. The second kappa shape index (κ2) is 2.71. The van der Waals surface area contributed by atoms with Crippen LogP contribution < -0.4 is 5.32 Å². The Morgan fingerprint density at radius 1 is 0.833 bits per heavy atom. The van der Waals surface area contributed by atoms with Crippen molar-refractivity contribution in [3.05, 3.63) is 0 Å². The van der Waals surface area contributed by atoms with Gasteiger partial charge in [0.2, 0.25) is 0 Å². The molecule has 1 saturated carbocycles. The van der Waals surface area contributed by atoms with Crippen molar-refractivity contribution < 1.29 is 0 Å². The van der Waals surface area contributed by atoms with E-state index in [1.807, 2.05) is 0 Å². The van der Waals surface area contributed by atoms with Gasteiger partial charge in [-0.05, 0) is 38.6 Å². The zero-order valence-electron chi connectivity index (χ0n) is 7.63. The molecule has 1 aliphatic carbocycles. The predicted molar refractivity (Wildman–Crippen MR) is 49.2 cm³/mol. The van der Waals surface area contributed by atoms with Gasteiger partial charge in [0, 0.05) is 24.7 Å². The minimum absolute atomic E-state index is 0.894. The van der Waals surface area contributed by atoms with Crippen LogP contribution in [0.25, 0.3) is 0 Å². The highest BCUT2D eigenvalue weighted by Crippen LogP contribution is 2.38.